The van der Waals surface area contributed by atoms with Crippen molar-refractivity contribution in [3.8, 4) is 5.75 Å². The van der Waals surface area contributed by atoms with E-state index in [-0.39, 0.29) is 36.7 Å². The van der Waals surface area contributed by atoms with Gasteiger partial charge in [-0.15, -0.1) is 0 Å². The minimum atomic E-state index is -0.690. The standard InChI is InChI=1S/C18H16N4O6/c23-16(19-20-18(25)12-4-3-5-13(10-12)22(26)27)8-9-21-14-6-1-2-7-15(14)28-11-17(21)24/h1-7,10H,8-9,11H2,(H,19,23)(H,20,25). The normalized spacial score (nSPS) is 12.6. The molecule has 0 fully saturated rings. The van der Waals surface area contributed by atoms with Crippen LogP contribution in [0.2, 0.25) is 0 Å². The first-order valence-electron chi connectivity index (χ1n) is 8.31. The Balaban J connectivity index is 1.54. The molecule has 28 heavy (non-hydrogen) atoms. The summed E-state index contributed by atoms with van der Waals surface area (Å²) < 4.78 is 5.33. The number of anilines is 1. The van der Waals surface area contributed by atoms with Gasteiger partial charge in [0.2, 0.25) is 5.91 Å². The number of nitro benzene ring substituents is 1. The molecule has 0 aromatic heterocycles. The third-order valence-electron chi connectivity index (χ3n) is 4.01. The molecule has 2 N–H and O–H groups in total. The number of fused-ring (bicyclic) bond motifs is 1. The second-order valence-electron chi connectivity index (χ2n) is 5.86. The number of carbonyl (C=O) groups is 3. The van der Waals surface area contributed by atoms with Gasteiger partial charge in [0, 0.05) is 30.7 Å². The van der Waals surface area contributed by atoms with Gasteiger partial charge in [0.1, 0.15) is 5.75 Å². The maximum absolute atomic E-state index is 12.1. The summed E-state index contributed by atoms with van der Waals surface area (Å²) in [5, 5.41) is 10.8. The number of rotatable bonds is 5. The van der Waals surface area contributed by atoms with Crippen LogP contribution < -0.4 is 20.5 Å². The zero-order valence-corrected chi connectivity index (χ0v) is 14.6. The van der Waals surface area contributed by atoms with Crippen LogP contribution in [0.4, 0.5) is 11.4 Å². The van der Waals surface area contributed by atoms with Gasteiger partial charge >= 0.3 is 0 Å². The van der Waals surface area contributed by atoms with E-state index in [0.29, 0.717) is 11.4 Å². The van der Waals surface area contributed by atoms with Gasteiger partial charge in [-0.3, -0.25) is 35.3 Å². The molecule has 1 heterocycles. The smallest absolute Gasteiger partial charge is 0.270 e. The number of hydrazine groups is 1. The summed E-state index contributed by atoms with van der Waals surface area (Å²) in [6.07, 6.45) is -0.0602. The Morgan fingerprint density at radius 1 is 1.14 bits per heavy atom. The average molecular weight is 384 g/mol. The molecule has 1 aliphatic rings. The lowest BCUT2D eigenvalue weighted by atomic mass is 10.2. The summed E-state index contributed by atoms with van der Waals surface area (Å²) in [4.78, 5) is 47.7. The third-order valence-corrected chi connectivity index (χ3v) is 4.01. The van der Waals surface area contributed by atoms with Crippen molar-refractivity contribution in [1.82, 2.24) is 10.9 Å². The summed E-state index contributed by atoms with van der Waals surface area (Å²) >= 11 is 0. The van der Waals surface area contributed by atoms with E-state index >= 15 is 0 Å². The predicted molar refractivity (Wildman–Crippen MR) is 97.6 cm³/mol. The fourth-order valence-corrected chi connectivity index (χ4v) is 2.63. The van der Waals surface area contributed by atoms with Gasteiger partial charge < -0.3 is 9.64 Å². The van der Waals surface area contributed by atoms with Crippen LogP contribution in [-0.4, -0.2) is 35.8 Å². The van der Waals surface area contributed by atoms with Gasteiger partial charge in [0.25, 0.3) is 17.5 Å². The number of ether oxygens (including phenoxy) is 1. The van der Waals surface area contributed by atoms with Gasteiger partial charge in [0.15, 0.2) is 6.61 Å². The SMILES string of the molecule is O=C(CCN1C(=O)COc2ccccc21)NNC(=O)c1cccc([N+](=O)[O-])c1. The van der Waals surface area contributed by atoms with E-state index in [1.54, 1.807) is 24.3 Å². The number of carbonyl (C=O) groups excluding carboxylic acids is 3. The van der Waals surface area contributed by atoms with E-state index in [2.05, 4.69) is 10.9 Å². The second kappa shape index (κ2) is 8.16. The molecule has 2 aromatic rings. The molecule has 0 radical (unpaired) electrons. The highest BCUT2D eigenvalue weighted by Crippen LogP contribution is 2.31. The van der Waals surface area contributed by atoms with Crippen LogP contribution in [0, 0.1) is 10.1 Å². The van der Waals surface area contributed by atoms with Crippen molar-refractivity contribution in [3.63, 3.8) is 0 Å². The first-order valence-corrected chi connectivity index (χ1v) is 8.31. The number of para-hydroxylation sites is 2. The molecule has 1 aliphatic heterocycles. The van der Waals surface area contributed by atoms with E-state index in [4.69, 9.17) is 4.74 Å². The van der Waals surface area contributed by atoms with Crippen molar-refractivity contribution in [2.75, 3.05) is 18.1 Å². The molecular formula is C18H16N4O6. The molecule has 3 rings (SSSR count). The van der Waals surface area contributed by atoms with Crippen molar-refractivity contribution < 1.29 is 24.0 Å². The van der Waals surface area contributed by atoms with Gasteiger partial charge in [0.05, 0.1) is 10.6 Å². The van der Waals surface area contributed by atoms with Crippen LogP contribution in [-0.2, 0) is 9.59 Å². The summed E-state index contributed by atoms with van der Waals surface area (Å²) in [5.74, 6) is -0.922. The Morgan fingerprint density at radius 2 is 1.93 bits per heavy atom. The maximum atomic E-state index is 12.1. The molecule has 144 valence electrons. The number of amides is 3. The predicted octanol–water partition coefficient (Wildman–Crippen LogP) is 1.17. The molecule has 10 heteroatoms. The van der Waals surface area contributed by atoms with Crippen molar-refractivity contribution in [3.05, 3.63) is 64.2 Å². The highest BCUT2D eigenvalue weighted by Gasteiger charge is 2.25. The number of nitro groups is 1. The molecule has 0 atom stereocenters. The van der Waals surface area contributed by atoms with Crippen LogP contribution in [0.15, 0.2) is 48.5 Å². The molecule has 0 unspecified atom stereocenters. The Bertz CT molecular complexity index is 945. The molecule has 2 aromatic carbocycles. The third kappa shape index (κ3) is 4.23. The Kier molecular flexibility index (Phi) is 5.49. The van der Waals surface area contributed by atoms with Crippen LogP contribution in [0.1, 0.15) is 16.8 Å². The number of nitrogens with one attached hydrogen (secondary N) is 2. The van der Waals surface area contributed by atoms with E-state index < -0.39 is 16.7 Å². The monoisotopic (exact) mass is 384 g/mol. The maximum Gasteiger partial charge on any atom is 0.270 e. The minimum absolute atomic E-state index is 0.0341. The Labute approximate surface area is 159 Å². The van der Waals surface area contributed by atoms with E-state index in [0.717, 1.165) is 6.07 Å². The first kappa shape index (κ1) is 18.8. The van der Waals surface area contributed by atoms with Crippen LogP contribution in [0.25, 0.3) is 0 Å². The van der Waals surface area contributed by atoms with E-state index in [1.807, 2.05) is 0 Å². The van der Waals surface area contributed by atoms with Crippen LogP contribution in [0.5, 0.6) is 5.75 Å². The molecule has 0 saturated carbocycles. The largest absolute Gasteiger partial charge is 0.482 e. The first-order chi connectivity index (χ1) is 13.5. The lowest BCUT2D eigenvalue weighted by Crippen LogP contribution is -2.44. The summed E-state index contributed by atoms with van der Waals surface area (Å²) in [5.41, 5.74) is 4.80. The molecule has 10 nitrogen and oxygen atoms in total. The van der Waals surface area contributed by atoms with Crippen LogP contribution in [0.3, 0.4) is 0 Å². The van der Waals surface area contributed by atoms with Gasteiger partial charge in [-0.05, 0) is 18.2 Å². The van der Waals surface area contributed by atoms with Gasteiger partial charge in [-0.1, -0.05) is 18.2 Å². The number of benzene rings is 2. The summed E-state index contributed by atoms with van der Waals surface area (Å²) in [6.45, 7) is -0.000125. The minimum Gasteiger partial charge on any atom is -0.482 e. The van der Waals surface area contributed by atoms with Gasteiger partial charge in [-0.2, -0.15) is 0 Å². The molecule has 0 aliphatic carbocycles. The fraction of sp³-hybridized carbons (Fsp3) is 0.167. The Hall–Kier alpha value is -3.95. The van der Waals surface area contributed by atoms with Gasteiger partial charge in [-0.25, -0.2) is 0 Å². The van der Waals surface area contributed by atoms with Crippen LogP contribution >= 0.6 is 0 Å². The van der Waals surface area contributed by atoms with Crippen molar-refractivity contribution in [1.29, 1.82) is 0 Å². The highest BCUT2D eigenvalue weighted by atomic mass is 16.6. The second-order valence-corrected chi connectivity index (χ2v) is 5.86. The van der Waals surface area contributed by atoms with E-state index in [1.165, 1.54) is 23.1 Å². The lowest BCUT2D eigenvalue weighted by Gasteiger charge is -2.29. The highest BCUT2D eigenvalue weighted by molar-refractivity contribution is 5.98. The summed E-state index contributed by atoms with van der Waals surface area (Å²) in [7, 11) is 0. The zero-order chi connectivity index (χ0) is 20.1. The topological polar surface area (TPSA) is 131 Å². The summed E-state index contributed by atoms with van der Waals surface area (Å²) in [6, 6.07) is 12.1. The Morgan fingerprint density at radius 3 is 2.71 bits per heavy atom. The molecular weight excluding hydrogens is 368 g/mol. The average Bonchev–Trinajstić information content (AvgIpc) is 2.71. The van der Waals surface area contributed by atoms with E-state index in [9.17, 15) is 24.5 Å². The molecule has 0 spiro atoms. The van der Waals surface area contributed by atoms with Crippen molar-refractivity contribution in [2.45, 2.75) is 6.42 Å². The molecule has 3 amide bonds. The lowest BCUT2D eigenvalue weighted by molar-refractivity contribution is -0.384. The zero-order valence-electron chi connectivity index (χ0n) is 14.6. The molecule has 0 bridgehead atoms. The fourth-order valence-electron chi connectivity index (χ4n) is 2.63. The number of hydrogen-bond donors (Lipinski definition) is 2. The van der Waals surface area contributed by atoms with Crippen molar-refractivity contribution >= 4 is 29.1 Å². The van der Waals surface area contributed by atoms with Crippen molar-refractivity contribution in [2.24, 2.45) is 0 Å². The number of nitrogens with zero attached hydrogens (tertiary/aromatic N) is 2. The number of hydrogen-bond acceptors (Lipinski definition) is 6. The quantitative estimate of drug-likeness (QED) is 0.588. The molecule has 0 saturated heterocycles. The number of non-ortho nitro benzene ring substituents is 1.